The van der Waals surface area contributed by atoms with E-state index >= 15 is 0 Å². The van der Waals surface area contributed by atoms with Crippen LogP contribution < -0.4 is 15.1 Å². The Labute approximate surface area is 183 Å². The van der Waals surface area contributed by atoms with Crippen molar-refractivity contribution in [2.24, 2.45) is 5.92 Å². The molecule has 9 heteroatoms. The third kappa shape index (κ3) is 5.15. The van der Waals surface area contributed by atoms with Crippen LogP contribution in [0.2, 0.25) is 0 Å². The van der Waals surface area contributed by atoms with Crippen molar-refractivity contribution in [2.75, 3.05) is 54.5 Å². The standard InChI is InChI=1S/C23H25F4N3O2/c24-20-15-18(3-6-21(20)30-11-13-32-14-12-30)28-22(31)16-7-9-29(10-8-16)19-4-1-17(2-5-19)23(25,26)27/h1-6,15-16H,7-14H2,(H,28,31). The fraction of sp³-hybridized carbons (Fsp3) is 0.435. The maximum atomic E-state index is 14.6. The number of rotatable bonds is 4. The highest BCUT2D eigenvalue weighted by Crippen LogP contribution is 2.32. The largest absolute Gasteiger partial charge is 0.416 e. The summed E-state index contributed by atoms with van der Waals surface area (Å²) in [4.78, 5) is 16.6. The number of halogens is 4. The number of alkyl halides is 3. The van der Waals surface area contributed by atoms with E-state index in [-0.39, 0.29) is 17.6 Å². The maximum absolute atomic E-state index is 14.6. The molecule has 2 saturated heterocycles. The van der Waals surface area contributed by atoms with Crippen LogP contribution in [0, 0.1) is 11.7 Å². The minimum absolute atomic E-state index is 0.171. The van der Waals surface area contributed by atoms with Crippen molar-refractivity contribution >= 4 is 23.0 Å². The van der Waals surface area contributed by atoms with Gasteiger partial charge < -0.3 is 19.9 Å². The summed E-state index contributed by atoms with van der Waals surface area (Å²) in [6.45, 7) is 3.49. The minimum atomic E-state index is -4.36. The van der Waals surface area contributed by atoms with E-state index in [1.54, 1.807) is 12.1 Å². The van der Waals surface area contributed by atoms with Crippen LogP contribution in [0.1, 0.15) is 18.4 Å². The van der Waals surface area contributed by atoms with Crippen LogP contribution in [-0.4, -0.2) is 45.3 Å². The van der Waals surface area contributed by atoms with E-state index < -0.39 is 11.7 Å². The molecule has 2 aliphatic rings. The van der Waals surface area contributed by atoms with Crippen molar-refractivity contribution in [1.82, 2.24) is 0 Å². The number of hydrogen-bond acceptors (Lipinski definition) is 4. The average Bonchev–Trinajstić information content (AvgIpc) is 2.79. The number of hydrogen-bond donors (Lipinski definition) is 1. The van der Waals surface area contributed by atoms with Gasteiger partial charge in [-0.3, -0.25) is 4.79 Å². The summed E-state index contributed by atoms with van der Waals surface area (Å²) >= 11 is 0. The van der Waals surface area contributed by atoms with Crippen LogP contribution in [0.4, 0.5) is 34.6 Å². The molecule has 172 valence electrons. The highest BCUT2D eigenvalue weighted by Gasteiger charge is 2.31. The number of benzene rings is 2. The normalized spacial score (nSPS) is 18.0. The molecule has 32 heavy (non-hydrogen) atoms. The van der Waals surface area contributed by atoms with Gasteiger partial charge in [-0.25, -0.2) is 4.39 Å². The molecule has 5 nitrogen and oxygen atoms in total. The third-order valence-electron chi connectivity index (χ3n) is 5.99. The van der Waals surface area contributed by atoms with Gasteiger partial charge in [-0.2, -0.15) is 13.2 Å². The number of nitrogens with one attached hydrogen (secondary N) is 1. The topological polar surface area (TPSA) is 44.8 Å². The summed E-state index contributed by atoms with van der Waals surface area (Å²) in [5, 5.41) is 2.80. The Kier molecular flexibility index (Phi) is 6.55. The first-order valence-corrected chi connectivity index (χ1v) is 10.7. The van der Waals surface area contributed by atoms with Gasteiger partial charge in [0, 0.05) is 43.5 Å². The molecule has 4 rings (SSSR count). The van der Waals surface area contributed by atoms with Crippen LogP contribution in [0.15, 0.2) is 42.5 Å². The summed E-state index contributed by atoms with van der Waals surface area (Å²) in [6.07, 6.45) is -3.22. The second kappa shape index (κ2) is 9.36. The van der Waals surface area contributed by atoms with E-state index in [1.165, 1.54) is 18.2 Å². The fourth-order valence-electron chi connectivity index (χ4n) is 4.15. The third-order valence-corrected chi connectivity index (χ3v) is 5.99. The molecular formula is C23H25F4N3O2. The smallest absolute Gasteiger partial charge is 0.378 e. The maximum Gasteiger partial charge on any atom is 0.416 e. The molecule has 0 bridgehead atoms. The van der Waals surface area contributed by atoms with E-state index in [2.05, 4.69) is 5.32 Å². The zero-order chi connectivity index (χ0) is 22.7. The first-order chi connectivity index (χ1) is 15.3. The summed E-state index contributed by atoms with van der Waals surface area (Å²) in [6, 6.07) is 9.77. The predicted molar refractivity (Wildman–Crippen MR) is 114 cm³/mol. The molecule has 0 aliphatic carbocycles. The molecule has 1 N–H and O–H groups in total. The predicted octanol–water partition coefficient (Wildman–Crippen LogP) is 4.54. The molecule has 0 spiro atoms. The van der Waals surface area contributed by atoms with Crippen LogP contribution in [0.25, 0.3) is 0 Å². The second-order valence-electron chi connectivity index (χ2n) is 8.06. The SMILES string of the molecule is O=C(Nc1ccc(N2CCOCC2)c(F)c1)C1CCN(c2ccc(C(F)(F)F)cc2)CC1. The molecule has 0 radical (unpaired) electrons. The molecular weight excluding hydrogens is 426 g/mol. The lowest BCUT2D eigenvalue weighted by Gasteiger charge is -2.33. The van der Waals surface area contributed by atoms with Gasteiger partial charge in [-0.1, -0.05) is 0 Å². The number of ether oxygens (including phenoxy) is 1. The van der Waals surface area contributed by atoms with Gasteiger partial charge in [0.15, 0.2) is 0 Å². The lowest BCUT2D eigenvalue weighted by molar-refractivity contribution is -0.137. The summed E-state index contributed by atoms with van der Waals surface area (Å²) in [7, 11) is 0. The van der Waals surface area contributed by atoms with Gasteiger partial charge in [0.2, 0.25) is 5.91 Å². The lowest BCUT2D eigenvalue weighted by Crippen LogP contribution is -2.38. The van der Waals surface area contributed by atoms with Crippen molar-refractivity contribution in [3.05, 3.63) is 53.8 Å². The van der Waals surface area contributed by atoms with Crippen molar-refractivity contribution in [3.8, 4) is 0 Å². The zero-order valence-corrected chi connectivity index (χ0v) is 17.5. The van der Waals surface area contributed by atoms with E-state index in [9.17, 15) is 22.4 Å². The van der Waals surface area contributed by atoms with Crippen LogP contribution in [0.5, 0.6) is 0 Å². The number of nitrogens with zero attached hydrogens (tertiary/aromatic N) is 2. The molecule has 0 unspecified atom stereocenters. The molecule has 1 amide bonds. The molecule has 0 atom stereocenters. The Morgan fingerprint density at radius 1 is 0.938 bits per heavy atom. The Balaban J connectivity index is 1.31. The molecule has 0 aromatic heterocycles. The minimum Gasteiger partial charge on any atom is -0.378 e. The van der Waals surface area contributed by atoms with E-state index in [0.717, 1.165) is 12.1 Å². The Bertz CT molecular complexity index is 935. The van der Waals surface area contributed by atoms with Crippen LogP contribution in [0.3, 0.4) is 0 Å². The van der Waals surface area contributed by atoms with Crippen molar-refractivity contribution in [1.29, 1.82) is 0 Å². The van der Waals surface area contributed by atoms with Crippen molar-refractivity contribution in [3.63, 3.8) is 0 Å². The number of morpholine rings is 1. The highest BCUT2D eigenvalue weighted by atomic mass is 19.4. The van der Waals surface area contributed by atoms with Crippen molar-refractivity contribution < 1.29 is 27.1 Å². The lowest BCUT2D eigenvalue weighted by atomic mass is 9.95. The summed E-state index contributed by atoms with van der Waals surface area (Å²) in [5.41, 5.74) is 0.936. The first-order valence-electron chi connectivity index (χ1n) is 10.7. The Hall–Kier alpha value is -2.81. The van der Waals surface area contributed by atoms with Crippen LogP contribution in [-0.2, 0) is 15.7 Å². The molecule has 0 saturated carbocycles. The molecule has 2 fully saturated rings. The Morgan fingerprint density at radius 2 is 1.59 bits per heavy atom. The van der Waals surface area contributed by atoms with E-state index in [1.807, 2.05) is 9.80 Å². The molecule has 2 heterocycles. The summed E-state index contributed by atoms with van der Waals surface area (Å²) < 4.78 is 58.0. The molecule has 2 aliphatic heterocycles. The van der Waals surface area contributed by atoms with Gasteiger partial charge in [-0.15, -0.1) is 0 Å². The number of amides is 1. The number of anilines is 3. The number of carbonyl (C=O) groups excluding carboxylic acids is 1. The summed E-state index contributed by atoms with van der Waals surface area (Å²) in [5.74, 6) is -0.792. The second-order valence-corrected chi connectivity index (χ2v) is 8.06. The average molecular weight is 451 g/mol. The van der Waals surface area contributed by atoms with Gasteiger partial charge in [0.1, 0.15) is 5.82 Å². The van der Waals surface area contributed by atoms with Gasteiger partial charge in [0.05, 0.1) is 24.5 Å². The number of carbonyl (C=O) groups is 1. The van der Waals surface area contributed by atoms with Gasteiger partial charge in [-0.05, 0) is 55.3 Å². The van der Waals surface area contributed by atoms with Gasteiger partial charge >= 0.3 is 6.18 Å². The van der Waals surface area contributed by atoms with Gasteiger partial charge in [0.25, 0.3) is 0 Å². The highest BCUT2D eigenvalue weighted by molar-refractivity contribution is 5.93. The molecule has 2 aromatic rings. The first kappa shape index (κ1) is 22.4. The van der Waals surface area contributed by atoms with E-state index in [4.69, 9.17) is 4.74 Å². The van der Waals surface area contributed by atoms with Crippen LogP contribution >= 0.6 is 0 Å². The zero-order valence-electron chi connectivity index (χ0n) is 17.5. The monoisotopic (exact) mass is 451 g/mol. The van der Waals surface area contributed by atoms with Crippen molar-refractivity contribution in [2.45, 2.75) is 19.0 Å². The van der Waals surface area contributed by atoms with E-state index in [0.29, 0.717) is 69.3 Å². The quantitative estimate of drug-likeness (QED) is 0.694. The fourth-order valence-corrected chi connectivity index (χ4v) is 4.15. The molecule has 2 aromatic carbocycles. The number of piperidine rings is 1. The Morgan fingerprint density at radius 3 is 2.19 bits per heavy atom.